The van der Waals surface area contributed by atoms with E-state index in [0.29, 0.717) is 4.57 Å². The Labute approximate surface area is 168 Å². The summed E-state index contributed by atoms with van der Waals surface area (Å²) < 4.78 is 77.1. The van der Waals surface area contributed by atoms with Crippen molar-refractivity contribution in [1.29, 1.82) is 0 Å². The van der Waals surface area contributed by atoms with Crippen molar-refractivity contribution in [3.05, 3.63) is 62.7 Å². The monoisotopic (exact) mass is 450 g/mol. The molecular weight excluding hydrogens is 433 g/mol. The first-order chi connectivity index (χ1) is 14.9. The van der Waals surface area contributed by atoms with Gasteiger partial charge in [0.2, 0.25) is 0 Å². The minimum absolute atomic E-state index is 0.126. The van der Waals surface area contributed by atoms with E-state index in [1.54, 1.807) is 0 Å². The highest BCUT2D eigenvalue weighted by molar-refractivity contribution is 7.49. The maximum absolute atomic E-state index is 15.6. The van der Waals surface area contributed by atoms with E-state index in [2.05, 4.69) is 4.52 Å². The first kappa shape index (κ1) is 18.4. The molecule has 1 fully saturated rings. The maximum atomic E-state index is 15.6. The first-order valence-electron chi connectivity index (χ1n) is 9.33. The predicted octanol–water partition coefficient (Wildman–Crippen LogP) is 0.326. The number of aromatic nitrogens is 2. The second-order valence-electron chi connectivity index (χ2n) is 6.36. The van der Waals surface area contributed by atoms with E-state index in [1.807, 2.05) is 4.98 Å². The molecule has 0 radical (unpaired) electrons. The zero-order valence-corrected chi connectivity index (χ0v) is 15.6. The van der Waals surface area contributed by atoms with Crippen molar-refractivity contribution in [2.75, 3.05) is 6.56 Å². The lowest BCUT2D eigenvalue weighted by atomic mass is 10.1. The van der Waals surface area contributed by atoms with Crippen LogP contribution in [0.4, 0.5) is 8.78 Å². The molecule has 0 saturated carbocycles. The molecule has 0 aliphatic carbocycles. The van der Waals surface area contributed by atoms with Gasteiger partial charge in [0.05, 0.1) is 9.35 Å². The van der Waals surface area contributed by atoms with Crippen molar-refractivity contribution in [2.45, 2.75) is 30.9 Å². The van der Waals surface area contributed by atoms with Crippen molar-refractivity contribution in [2.24, 2.45) is 0 Å². The van der Waals surface area contributed by atoms with Gasteiger partial charge in [-0.1, -0.05) is 0 Å². The number of nitrogens with zero attached hydrogens (tertiary/aromatic N) is 1. The Morgan fingerprint density at radius 3 is 2.90 bits per heavy atom. The van der Waals surface area contributed by atoms with Crippen LogP contribution in [0.3, 0.4) is 0 Å². The summed E-state index contributed by atoms with van der Waals surface area (Å²) in [6.45, 7) is -4.29. The highest BCUT2D eigenvalue weighted by atomic mass is 31.2. The first-order valence-corrected chi connectivity index (χ1v) is 9.79. The normalized spacial score (nSPS) is 34.6. The Morgan fingerprint density at radius 2 is 2.17 bits per heavy atom. The molecule has 2 aromatic rings. The fraction of sp³-hybridized carbons (Fsp3) is 0.375. The molecule has 1 aromatic carbocycles. The van der Waals surface area contributed by atoms with Crippen molar-refractivity contribution in [3.8, 4) is 5.75 Å². The van der Waals surface area contributed by atoms with Crippen LogP contribution in [0.25, 0.3) is 0 Å². The van der Waals surface area contributed by atoms with Gasteiger partial charge in [-0.3, -0.25) is 23.4 Å². The highest BCUT2D eigenvalue weighted by Crippen LogP contribution is 2.55. The van der Waals surface area contributed by atoms with Crippen molar-refractivity contribution < 1.29 is 44.6 Å². The van der Waals surface area contributed by atoms with E-state index in [-0.39, 0.29) is 11.3 Å². The summed E-state index contributed by atoms with van der Waals surface area (Å²) >= 11 is 0. The minimum Gasteiger partial charge on any atom is -0.404 e. The lowest BCUT2D eigenvalue weighted by Gasteiger charge is -2.28. The minimum atomic E-state index is -4.86. The summed E-state index contributed by atoms with van der Waals surface area (Å²) in [5.41, 5.74) is -1.83. The number of hydrogen-bond acceptors (Lipinski definition) is 9. The molecule has 1 aromatic heterocycles. The van der Waals surface area contributed by atoms with Crippen molar-refractivity contribution >= 4 is 7.82 Å². The number of alkyl halides is 1. The average molecular weight is 450 g/mol. The van der Waals surface area contributed by atoms with Crippen LogP contribution in [0, 0.1) is 5.82 Å². The number of hydrogen-bond donors (Lipinski definition) is 3. The van der Waals surface area contributed by atoms with Crippen LogP contribution in [-0.2, 0) is 25.0 Å². The summed E-state index contributed by atoms with van der Waals surface area (Å²) in [6.07, 6.45) is -6.01. The molecule has 162 valence electrons. The zero-order valence-electron chi connectivity index (χ0n) is 16.7. The topological polar surface area (TPSA) is 149 Å². The Balaban J connectivity index is 1.61. The number of H-pyrrole nitrogens is 1. The van der Waals surface area contributed by atoms with E-state index in [9.17, 15) is 28.8 Å². The average Bonchev–Trinajstić information content (AvgIpc) is 2.93. The van der Waals surface area contributed by atoms with Gasteiger partial charge in [-0.2, -0.15) is 0 Å². The highest BCUT2D eigenvalue weighted by Gasteiger charge is 2.57. The number of phosphoric acid groups is 1. The van der Waals surface area contributed by atoms with Gasteiger partial charge in [-0.25, -0.2) is 18.1 Å². The summed E-state index contributed by atoms with van der Waals surface area (Å²) in [7, 11) is -4.86. The van der Waals surface area contributed by atoms with Crippen LogP contribution in [-0.4, -0.2) is 44.4 Å². The third-order valence-corrected chi connectivity index (χ3v) is 5.50. The van der Waals surface area contributed by atoms with Gasteiger partial charge in [0.1, 0.15) is 30.3 Å². The summed E-state index contributed by atoms with van der Waals surface area (Å²) in [4.78, 5) is 24.9. The Kier molecular flexibility index (Phi) is 4.52. The molecule has 0 amide bonds. The quantitative estimate of drug-likeness (QED) is 0.560. The number of aromatic amines is 1. The maximum Gasteiger partial charge on any atom is 0.530 e. The number of aliphatic hydroxyl groups excluding tert-OH is 2. The summed E-state index contributed by atoms with van der Waals surface area (Å²) in [5, 5.41) is 20.3. The van der Waals surface area contributed by atoms with Gasteiger partial charge in [-0.15, -0.1) is 0 Å². The number of fused-ring (bicyclic) bond motifs is 1. The van der Waals surface area contributed by atoms with Crippen LogP contribution < -0.4 is 15.8 Å². The van der Waals surface area contributed by atoms with E-state index in [0.717, 1.165) is 30.5 Å². The Bertz CT molecular complexity index is 1220. The fourth-order valence-corrected chi connectivity index (χ4v) is 3.93. The SMILES string of the molecule is [2H]C([2H])(OP1(=O)OCc2cc(F)ccc2O1)[C@@]1(F)O[C@@H](n2ccc(=O)[nH]c2=O)[C@H](O)[C@@H]1O. The zero-order chi connectivity index (χ0) is 23.5. The fourth-order valence-electron chi connectivity index (χ4n) is 2.83. The third-order valence-electron chi connectivity index (χ3n) is 4.32. The summed E-state index contributed by atoms with van der Waals surface area (Å²) in [6, 6.07) is 3.89. The van der Waals surface area contributed by atoms with Crippen molar-refractivity contribution in [3.63, 3.8) is 0 Å². The van der Waals surface area contributed by atoms with E-state index in [1.165, 1.54) is 0 Å². The van der Waals surface area contributed by atoms with Crippen LogP contribution in [0.5, 0.6) is 5.75 Å². The molecule has 5 atom stereocenters. The Hall–Kier alpha value is -2.41. The summed E-state index contributed by atoms with van der Waals surface area (Å²) in [5.74, 6) is -4.69. The molecule has 3 N–H and O–H groups in total. The third kappa shape index (κ3) is 3.71. The number of aliphatic hydroxyl groups is 2. The molecule has 0 bridgehead atoms. The molecular formula is C16H15F2N2O9P. The molecule has 4 rings (SSSR count). The Morgan fingerprint density at radius 1 is 1.40 bits per heavy atom. The van der Waals surface area contributed by atoms with Gasteiger partial charge in [-0.05, 0) is 18.2 Å². The number of halogens is 2. The smallest absolute Gasteiger partial charge is 0.404 e. The number of benzene rings is 1. The van der Waals surface area contributed by atoms with Crippen LogP contribution in [0.2, 0.25) is 0 Å². The van der Waals surface area contributed by atoms with Gasteiger partial charge in [0, 0.05) is 17.8 Å². The second kappa shape index (κ2) is 7.38. The van der Waals surface area contributed by atoms with Crippen LogP contribution >= 0.6 is 7.82 Å². The lowest BCUT2D eigenvalue weighted by molar-refractivity contribution is -0.205. The molecule has 2 aliphatic heterocycles. The molecule has 11 nitrogen and oxygen atoms in total. The molecule has 3 heterocycles. The molecule has 1 unspecified atom stereocenters. The molecule has 14 heteroatoms. The van der Waals surface area contributed by atoms with E-state index >= 15 is 4.39 Å². The number of rotatable bonds is 4. The van der Waals surface area contributed by atoms with Gasteiger partial charge >= 0.3 is 13.5 Å². The van der Waals surface area contributed by atoms with Crippen molar-refractivity contribution in [1.82, 2.24) is 9.55 Å². The predicted molar refractivity (Wildman–Crippen MR) is 92.7 cm³/mol. The number of phosphoric ester groups is 1. The standard InChI is InChI=1S/C16H15F2N2O9P/c17-9-1-2-10-8(5-9)6-26-30(25,29-10)27-7-16(18)13(23)12(22)14(28-16)20-4-3-11(21)19-15(20)24/h1-5,12-14,22-23H,6-7H2,(H,19,21,24)/t12-,13+,14-,16-,30?/m1/s1/i7D2. The molecule has 2 aliphatic rings. The lowest BCUT2D eigenvalue weighted by Crippen LogP contribution is -2.43. The molecule has 30 heavy (non-hydrogen) atoms. The van der Waals surface area contributed by atoms with Crippen LogP contribution in [0.15, 0.2) is 40.1 Å². The molecule has 1 saturated heterocycles. The van der Waals surface area contributed by atoms with E-state index in [4.69, 9.17) is 16.5 Å². The van der Waals surface area contributed by atoms with Gasteiger partial charge in [0.25, 0.3) is 11.4 Å². The van der Waals surface area contributed by atoms with Gasteiger partial charge in [0.15, 0.2) is 6.23 Å². The second-order valence-corrected chi connectivity index (χ2v) is 7.88. The molecule has 0 spiro atoms. The number of nitrogens with one attached hydrogen (secondary N) is 1. The number of ether oxygens (including phenoxy) is 1. The van der Waals surface area contributed by atoms with Gasteiger partial charge < -0.3 is 19.5 Å². The van der Waals surface area contributed by atoms with Crippen LogP contribution in [0.1, 0.15) is 14.5 Å². The largest absolute Gasteiger partial charge is 0.530 e. The van der Waals surface area contributed by atoms with E-state index < -0.39 is 62.3 Å².